The van der Waals surface area contributed by atoms with E-state index in [0.717, 1.165) is 10.8 Å². The minimum absolute atomic E-state index is 0.0675. The van der Waals surface area contributed by atoms with Gasteiger partial charge in [-0.05, 0) is 71.9 Å². The number of rotatable bonds is 2. The lowest BCUT2D eigenvalue weighted by molar-refractivity contribution is 0.00578. The van der Waals surface area contributed by atoms with E-state index in [4.69, 9.17) is 18.9 Å². The topological polar surface area (TPSA) is 18.5 Å². The summed E-state index contributed by atoms with van der Waals surface area (Å²) in [6.07, 6.45) is 0. The van der Waals surface area contributed by atoms with Crippen molar-refractivity contribution in [2.24, 2.45) is 0 Å². The molecule has 5 rings (SSSR count). The molecule has 3 heteroatoms. The van der Waals surface area contributed by atoms with Crippen LogP contribution in [0.1, 0.15) is 37.3 Å². The molecule has 1 aliphatic rings. The highest BCUT2D eigenvalue weighted by Gasteiger charge is 2.51. The van der Waals surface area contributed by atoms with Crippen LogP contribution in [-0.4, -0.2) is 18.3 Å². The summed E-state index contributed by atoms with van der Waals surface area (Å²) < 4.78 is 71.7. The molecule has 0 unspecified atom stereocenters. The van der Waals surface area contributed by atoms with Crippen molar-refractivity contribution in [1.29, 1.82) is 0 Å². The zero-order chi connectivity index (χ0) is 26.3. The smallest absolute Gasteiger partial charge is 0.399 e. The molecule has 0 saturated carbocycles. The normalized spacial score (nSPS) is 21.2. The molecule has 0 aromatic heterocycles. The summed E-state index contributed by atoms with van der Waals surface area (Å²) in [7, 11) is -0.685. The number of hydrogen-bond acceptors (Lipinski definition) is 2. The van der Waals surface area contributed by atoms with Crippen LogP contribution in [0.3, 0.4) is 0 Å². The second kappa shape index (κ2) is 6.45. The molecular formula is C26H25BO2. The van der Waals surface area contributed by atoms with Crippen molar-refractivity contribution in [2.45, 2.75) is 38.9 Å². The number of fused-ring (bicyclic) bond motifs is 2. The van der Waals surface area contributed by atoms with Gasteiger partial charge in [-0.1, -0.05) is 72.7 Å². The zero-order valence-corrected chi connectivity index (χ0v) is 16.9. The average molecular weight is 387 g/mol. The maximum atomic E-state index is 8.99. The Morgan fingerprint density at radius 3 is 2.24 bits per heavy atom. The van der Waals surface area contributed by atoms with Gasteiger partial charge in [-0.25, -0.2) is 0 Å². The van der Waals surface area contributed by atoms with Gasteiger partial charge in [-0.3, -0.25) is 0 Å². The molecular weight excluding hydrogens is 355 g/mol. The fourth-order valence-electron chi connectivity index (χ4n) is 3.57. The fraction of sp³-hybridized carbons (Fsp3) is 0.231. The molecule has 144 valence electrons. The van der Waals surface area contributed by atoms with Crippen LogP contribution in [0.2, 0.25) is 0 Å². The monoisotopic (exact) mass is 387 g/mol. The third-order valence-corrected chi connectivity index (χ3v) is 5.93. The van der Waals surface area contributed by atoms with Gasteiger partial charge < -0.3 is 9.31 Å². The first-order chi connectivity index (χ1) is 16.8. The highest BCUT2D eigenvalue weighted by Crippen LogP contribution is 2.37. The second-order valence-corrected chi connectivity index (χ2v) is 8.38. The van der Waals surface area contributed by atoms with E-state index in [1.807, 2.05) is 58.0 Å². The third kappa shape index (κ3) is 3.06. The largest absolute Gasteiger partial charge is 0.494 e. The van der Waals surface area contributed by atoms with Crippen molar-refractivity contribution in [1.82, 2.24) is 0 Å². The number of benzene rings is 4. The van der Waals surface area contributed by atoms with E-state index < -0.39 is 42.5 Å². The van der Waals surface area contributed by atoms with E-state index in [1.54, 1.807) is 6.07 Å². The van der Waals surface area contributed by atoms with Crippen molar-refractivity contribution in [2.75, 3.05) is 0 Å². The first-order valence-electron chi connectivity index (χ1n) is 13.2. The molecule has 4 aromatic rings. The minimum atomic E-state index is -0.685. The first kappa shape index (κ1) is 12.2. The zero-order valence-electron chi connectivity index (χ0n) is 23.9. The van der Waals surface area contributed by atoms with Crippen molar-refractivity contribution in [3.05, 3.63) is 78.7 Å². The molecule has 1 aliphatic heterocycles. The van der Waals surface area contributed by atoms with Gasteiger partial charge in [-0.2, -0.15) is 0 Å². The third-order valence-electron chi connectivity index (χ3n) is 5.93. The van der Waals surface area contributed by atoms with Crippen LogP contribution < -0.4 is 5.46 Å². The van der Waals surface area contributed by atoms with E-state index >= 15 is 0 Å². The van der Waals surface area contributed by atoms with E-state index in [0.29, 0.717) is 11.0 Å². The van der Waals surface area contributed by atoms with Crippen LogP contribution in [0.15, 0.2) is 78.7 Å². The standard InChI is InChI=1S/C26H25BO2/c1-25(2)26(3,4)29-27(28-25)22-16-20-11-7-8-12-23(20)24(17-22)21-14-13-18-9-5-6-10-19(18)15-21/h5-17H,1-4H3/i5D,6D,9D,10D,13D,14D,15D. The van der Waals surface area contributed by atoms with E-state index in [9.17, 15) is 0 Å². The second-order valence-electron chi connectivity index (χ2n) is 8.38. The van der Waals surface area contributed by atoms with Crippen LogP contribution in [0.25, 0.3) is 32.7 Å². The Bertz CT molecular complexity index is 1570. The van der Waals surface area contributed by atoms with Gasteiger partial charge in [0.25, 0.3) is 0 Å². The molecule has 4 aromatic carbocycles. The van der Waals surface area contributed by atoms with E-state index in [2.05, 4.69) is 0 Å². The average Bonchev–Trinajstić information content (AvgIpc) is 3.05. The van der Waals surface area contributed by atoms with E-state index in [-0.39, 0.29) is 34.5 Å². The van der Waals surface area contributed by atoms with Crippen LogP contribution >= 0.6 is 0 Å². The first-order valence-corrected chi connectivity index (χ1v) is 9.65. The lowest BCUT2D eigenvalue weighted by Crippen LogP contribution is -2.41. The van der Waals surface area contributed by atoms with Gasteiger partial charge in [0, 0.05) is 0 Å². The van der Waals surface area contributed by atoms with Crippen LogP contribution in [0.5, 0.6) is 0 Å². The Morgan fingerprint density at radius 1 is 0.793 bits per heavy atom. The molecule has 0 radical (unpaired) electrons. The summed E-state index contributed by atoms with van der Waals surface area (Å²) in [6.45, 7) is 7.84. The summed E-state index contributed by atoms with van der Waals surface area (Å²) in [5.41, 5.74) is 0.210. The predicted molar refractivity (Wildman–Crippen MR) is 123 cm³/mol. The Balaban J connectivity index is 1.86. The van der Waals surface area contributed by atoms with Crippen LogP contribution in [-0.2, 0) is 9.31 Å². The van der Waals surface area contributed by atoms with Gasteiger partial charge in [0.05, 0.1) is 20.8 Å². The molecule has 29 heavy (non-hydrogen) atoms. The van der Waals surface area contributed by atoms with E-state index in [1.165, 1.54) is 0 Å². The predicted octanol–water partition coefficient (Wildman–Crippen LogP) is 5.96. The molecule has 0 spiro atoms. The molecule has 0 bridgehead atoms. The van der Waals surface area contributed by atoms with Crippen LogP contribution in [0.4, 0.5) is 0 Å². The summed E-state index contributed by atoms with van der Waals surface area (Å²) in [5.74, 6) is 0. The summed E-state index contributed by atoms with van der Waals surface area (Å²) in [6, 6.07) is 8.67. The molecule has 0 N–H and O–H groups in total. The van der Waals surface area contributed by atoms with Gasteiger partial charge in [0.15, 0.2) is 0 Å². The Labute approximate surface area is 182 Å². The Kier molecular flexibility index (Phi) is 2.70. The molecule has 2 nitrogen and oxygen atoms in total. The van der Waals surface area contributed by atoms with Crippen molar-refractivity contribution < 1.29 is 18.9 Å². The lowest BCUT2D eigenvalue weighted by Gasteiger charge is -2.32. The fourth-order valence-corrected chi connectivity index (χ4v) is 3.57. The summed E-state index contributed by atoms with van der Waals surface area (Å²) in [5, 5.41) is 1.40. The molecule has 1 fully saturated rings. The molecule has 1 saturated heterocycles. The lowest BCUT2D eigenvalue weighted by atomic mass is 9.76. The van der Waals surface area contributed by atoms with Gasteiger partial charge in [0.1, 0.15) is 0 Å². The highest BCUT2D eigenvalue weighted by molar-refractivity contribution is 6.62. The SMILES string of the molecule is [2H]c1c([2H])c([2H])c2c([2H])c(-c3cc(B4OC(C)(C)C(C)(C)O4)cc4ccccc34)c([2H])c([2H])c2c1[2H]. The van der Waals surface area contributed by atoms with Gasteiger partial charge in [-0.15, -0.1) is 0 Å². The van der Waals surface area contributed by atoms with Gasteiger partial charge in [0.2, 0.25) is 0 Å². The molecule has 0 amide bonds. The quantitative estimate of drug-likeness (QED) is 0.395. The van der Waals surface area contributed by atoms with Crippen molar-refractivity contribution in [3.63, 3.8) is 0 Å². The van der Waals surface area contributed by atoms with Crippen LogP contribution in [0, 0.1) is 0 Å². The van der Waals surface area contributed by atoms with Crippen molar-refractivity contribution in [3.8, 4) is 11.1 Å². The minimum Gasteiger partial charge on any atom is -0.399 e. The maximum absolute atomic E-state index is 8.99. The molecule has 1 heterocycles. The summed E-state index contributed by atoms with van der Waals surface area (Å²) >= 11 is 0. The van der Waals surface area contributed by atoms with Crippen molar-refractivity contribution >= 4 is 34.1 Å². The Morgan fingerprint density at radius 2 is 1.48 bits per heavy atom. The molecule has 0 atom stereocenters. The molecule has 0 aliphatic carbocycles. The Hall–Kier alpha value is -2.62. The maximum Gasteiger partial charge on any atom is 0.494 e. The number of hydrogen-bond donors (Lipinski definition) is 0. The highest BCUT2D eigenvalue weighted by atomic mass is 16.7. The van der Waals surface area contributed by atoms with Gasteiger partial charge >= 0.3 is 7.12 Å². The summed E-state index contributed by atoms with van der Waals surface area (Å²) in [4.78, 5) is 0.